The molecule has 0 aliphatic heterocycles. The molecule has 0 aromatic carbocycles. The van der Waals surface area contributed by atoms with Gasteiger partial charge in [-0.1, -0.05) is 32.1 Å². The lowest BCUT2D eigenvalue weighted by Gasteiger charge is -2.21. The fourth-order valence-electron chi connectivity index (χ4n) is 2.38. The molecule has 4 nitrogen and oxygen atoms in total. The van der Waals surface area contributed by atoms with Gasteiger partial charge in [0.1, 0.15) is 0 Å². The number of carbonyl (C=O) groups is 2. The Bertz CT molecular complexity index is 326. The van der Waals surface area contributed by atoms with E-state index >= 15 is 0 Å². The smallest absolute Gasteiger partial charge is 0.354 e. The summed E-state index contributed by atoms with van der Waals surface area (Å²) in [6.45, 7) is -0.196. The monoisotopic (exact) mass is 294 g/mol. The molecule has 0 spiro atoms. The van der Waals surface area contributed by atoms with E-state index in [0.717, 1.165) is 19.3 Å². The number of hydrogen-bond acceptors (Lipinski definition) is 2. The predicted octanol–water partition coefficient (Wildman–Crippen LogP) is 2.14. The van der Waals surface area contributed by atoms with Crippen LogP contribution in [0, 0.1) is 5.92 Å². The van der Waals surface area contributed by atoms with Crippen LogP contribution in [0.3, 0.4) is 0 Å². The van der Waals surface area contributed by atoms with Gasteiger partial charge in [0, 0.05) is 19.5 Å². The fourth-order valence-corrected chi connectivity index (χ4v) is 2.38. The summed E-state index contributed by atoms with van der Waals surface area (Å²) < 4.78 is 35.6. The van der Waals surface area contributed by atoms with Crippen molar-refractivity contribution in [2.45, 2.75) is 51.1 Å². The Morgan fingerprint density at radius 3 is 2.20 bits per heavy atom. The van der Waals surface area contributed by atoms with E-state index in [1.54, 1.807) is 5.32 Å². The normalized spacial score (nSPS) is 16.8. The van der Waals surface area contributed by atoms with Crippen LogP contribution in [0.25, 0.3) is 0 Å². The minimum Gasteiger partial charge on any atom is -0.354 e. The summed E-state index contributed by atoms with van der Waals surface area (Å²) >= 11 is 0. The van der Waals surface area contributed by atoms with Crippen molar-refractivity contribution in [3.63, 3.8) is 0 Å². The van der Waals surface area contributed by atoms with Gasteiger partial charge < -0.3 is 10.6 Å². The Balaban J connectivity index is 2.04. The van der Waals surface area contributed by atoms with Crippen LogP contribution in [-0.4, -0.2) is 31.1 Å². The van der Waals surface area contributed by atoms with Gasteiger partial charge in [-0.25, -0.2) is 0 Å². The molecule has 1 aliphatic rings. The van der Waals surface area contributed by atoms with E-state index in [4.69, 9.17) is 0 Å². The summed E-state index contributed by atoms with van der Waals surface area (Å²) in [4.78, 5) is 22.0. The van der Waals surface area contributed by atoms with E-state index in [-0.39, 0.29) is 19.0 Å². The van der Waals surface area contributed by atoms with Gasteiger partial charge in [0.25, 0.3) is 0 Å². The quantitative estimate of drug-likeness (QED) is 0.737. The molecule has 0 atom stereocenters. The number of carbonyl (C=O) groups excluding carboxylic acids is 2. The molecule has 7 heteroatoms. The molecule has 2 amide bonds. The molecule has 2 N–H and O–H groups in total. The highest BCUT2D eigenvalue weighted by Gasteiger charge is 2.38. The van der Waals surface area contributed by atoms with Gasteiger partial charge in [-0.15, -0.1) is 0 Å². The second kappa shape index (κ2) is 8.11. The maximum Gasteiger partial charge on any atom is 0.471 e. The molecule has 1 fully saturated rings. The molecule has 1 rings (SSSR count). The second-order valence-corrected chi connectivity index (χ2v) is 5.15. The maximum absolute atomic E-state index is 11.9. The molecular formula is C13H21F3N2O2. The summed E-state index contributed by atoms with van der Waals surface area (Å²) in [5.74, 6) is -1.55. The molecule has 1 aliphatic carbocycles. The van der Waals surface area contributed by atoms with Crippen LogP contribution in [0.5, 0.6) is 0 Å². The first-order valence-corrected chi connectivity index (χ1v) is 7.01. The largest absolute Gasteiger partial charge is 0.471 e. The fraction of sp³-hybridized carbons (Fsp3) is 0.846. The minimum atomic E-state index is -4.87. The minimum absolute atomic E-state index is 0.0192. The number of alkyl halides is 3. The van der Waals surface area contributed by atoms with Gasteiger partial charge >= 0.3 is 12.1 Å². The van der Waals surface area contributed by atoms with Gasteiger partial charge in [0.05, 0.1) is 0 Å². The lowest BCUT2D eigenvalue weighted by molar-refractivity contribution is -0.173. The van der Waals surface area contributed by atoms with Crippen LogP contribution in [-0.2, 0) is 9.59 Å². The van der Waals surface area contributed by atoms with E-state index in [9.17, 15) is 22.8 Å². The van der Waals surface area contributed by atoms with Gasteiger partial charge in [-0.05, 0) is 12.3 Å². The third-order valence-electron chi connectivity index (χ3n) is 3.49. The highest BCUT2D eigenvalue weighted by atomic mass is 19.4. The Hall–Kier alpha value is -1.27. The van der Waals surface area contributed by atoms with Crippen LogP contribution in [0.4, 0.5) is 13.2 Å². The Morgan fingerprint density at radius 1 is 1.00 bits per heavy atom. The predicted molar refractivity (Wildman–Crippen MR) is 67.9 cm³/mol. The molecule has 0 aromatic heterocycles. The van der Waals surface area contributed by atoms with Crippen molar-refractivity contribution < 1.29 is 22.8 Å². The Morgan fingerprint density at radius 2 is 1.60 bits per heavy atom. The van der Waals surface area contributed by atoms with Gasteiger partial charge in [0.2, 0.25) is 5.91 Å². The SMILES string of the molecule is O=C(CCC1CCCCC1)NCCNC(=O)C(F)(F)F. The van der Waals surface area contributed by atoms with E-state index < -0.39 is 12.1 Å². The average molecular weight is 294 g/mol. The van der Waals surface area contributed by atoms with Gasteiger partial charge in [-0.3, -0.25) is 9.59 Å². The third kappa shape index (κ3) is 6.77. The first-order chi connectivity index (χ1) is 9.39. The molecule has 0 radical (unpaired) electrons. The van der Waals surface area contributed by atoms with Crippen molar-refractivity contribution in [1.29, 1.82) is 0 Å². The van der Waals surface area contributed by atoms with Crippen molar-refractivity contribution in [2.24, 2.45) is 5.92 Å². The summed E-state index contributed by atoms with van der Waals surface area (Å²) in [6, 6.07) is 0. The van der Waals surface area contributed by atoms with E-state index in [2.05, 4.69) is 5.32 Å². The van der Waals surface area contributed by atoms with Crippen LogP contribution < -0.4 is 10.6 Å². The summed E-state index contributed by atoms with van der Waals surface area (Å²) in [6.07, 6.45) is 2.39. The van der Waals surface area contributed by atoms with Crippen molar-refractivity contribution >= 4 is 11.8 Å². The molecule has 116 valence electrons. The first-order valence-electron chi connectivity index (χ1n) is 7.01. The van der Waals surface area contributed by atoms with Crippen molar-refractivity contribution in [3.8, 4) is 0 Å². The molecular weight excluding hydrogens is 273 g/mol. The summed E-state index contributed by atoms with van der Waals surface area (Å²) in [7, 11) is 0. The molecule has 0 unspecified atom stereocenters. The standard InChI is InChI=1S/C13H21F3N2O2/c14-13(15,16)12(20)18-9-8-17-11(19)7-6-10-4-2-1-3-5-10/h10H,1-9H2,(H,17,19)(H,18,20). The zero-order chi connectivity index (χ0) is 15.0. The lowest BCUT2D eigenvalue weighted by Crippen LogP contribution is -2.41. The van der Waals surface area contributed by atoms with Crippen LogP contribution in [0.15, 0.2) is 0 Å². The third-order valence-corrected chi connectivity index (χ3v) is 3.49. The van der Waals surface area contributed by atoms with Crippen molar-refractivity contribution in [3.05, 3.63) is 0 Å². The topological polar surface area (TPSA) is 58.2 Å². The lowest BCUT2D eigenvalue weighted by atomic mass is 9.86. The molecule has 0 aromatic rings. The second-order valence-electron chi connectivity index (χ2n) is 5.15. The van der Waals surface area contributed by atoms with E-state index in [1.807, 2.05) is 0 Å². The van der Waals surface area contributed by atoms with Crippen LogP contribution in [0.2, 0.25) is 0 Å². The molecule has 1 saturated carbocycles. The number of halogens is 3. The average Bonchev–Trinajstić information content (AvgIpc) is 2.41. The Kier molecular flexibility index (Phi) is 6.81. The van der Waals surface area contributed by atoms with Crippen LogP contribution in [0.1, 0.15) is 44.9 Å². The highest BCUT2D eigenvalue weighted by Crippen LogP contribution is 2.27. The number of amides is 2. The Labute approximate surface area is 116 Å². The summed E-state index contributed by atoms with van der Waals surface area (Å²) in [5, 5.41) is 4.21. The number of rotatable bonds is 6. The van der Waals surface area contributed by atoms with Crippen LogP contribution >= 0.6 is 0 Å². The first kappa shape index (κ1) is 16.8. The molecule has 20 heavy (non-hydrogen) atoms. The summed E-state index contributed by atoms with van der Waals surface area (Å²) in [5.41, 5.74) is 0. The maximum atomic E-state index is 11.9. The van der Waals surface area contributed by atoms with E-state index in [0.29, 0.717) is 12.3 Å². The van der Waals surface area contributed by atoms with Crippen molar-refractivity contribution in [1.82, 2.24) is 10.6 Å². The van der Waals surface area contributed by atoms with Gasteiger partial charge in [0.15, 0.2) is 0 Å². The zero-order valence-electron chi connectivity index (χ0n) is 11.4. The molecule has 0 heterocycles. The number of nitrogens with one attached hydrogen (secondary N) is 2. The van der Waals surface area contributed by atoms with Gasteiger partial charge in [-0.2, -0.15) is 13.2 Å². The zero-order valence-corrected chi connectivity index (χ0v) is 11.4. The molecule has 0 bridgehead atoms. The molecule has 0 saturated heterocycles. The van der Waals surface area contributed by atoms with Crippen molar-refractivity contribution in [2.75, 3.05) is 13.1 Å². The number of hydrogen-bond donors (Lipinski definition) is 2. The van der Waals surface area contributed by atoms with E-state index in [1.165, 1.54) is 19.3 Å². The highest BCUT2D eigenvalue weighted by molar-refractivity contribution is 5.81.